The number of hydrogen-bond acceptors (Lipinski definition) is 3. The second kappa shape index (κ2) is 8.19. The fourth-order valence-corrected chi connectivity index (χ4v) is 3.65. The van der Waals surface area contributed by atoms with Gasteiger partial charge >= 0.3 is 0 Å². The van der Waals surface area contributed by atoms with Crippen LogP contribution in [0.15, 0.2) is 76.6 Å². The van der Waals surface area contributed by atoms with Crippen LogP contribution in [-0.4, -0.2) is 22.0 Å². The lowest BCUT2D eigenvalue weighted by molar-refractivity contribution is -0.123. The molecule has 0 aromatic heterocycles. The summed E-state index contributed by atoms with van der Waals surface area (Å²) in [7, 11) is 0. The highest BCUT2D eigenvalue weighted by Gasteiger charge is 2.34. The van der Waals surface area contributed by atoms with Gasteiger partial charge in [-0.05, 0) is 56.3 Å². The van der Waals surface area contributed by atoms with Crippen molar-refractivity contribution in [3.63, 3.8) is 0 Å². The first-order chi connectivity index (χ1) is 12.5. The summed E-state index contributed by atoms with van der Waals surface area (Å²) in [5, 5.41) is 0.730. The van der Waals surface area contributed by atoms with Gasteiger partial charge in [-0.3, -0.25) is 9.69 Å². The highest BCUT2D eigenvalue weighted by Crippen LogP contribution is 2.34. The van der Waals surface area contributed by atoms with Gasteiger partial charge in [0.1, 0.15) is 0 Å². The largest absolute Gasteiger partial charge is 0.284 e. The van der Waals surface area contributed by atoms with Crippen molar-refractivity contribution in [3.05, 3.63) is 82.8 Å². The number of carbonyl (C=O) groups excluding carboxylic acids is 1. The number of aliphatic imine (C=N–C) groups is 1. The molecule has 0 bridgehead atoms. The van der Waals surface area contributed by atoms with Gasteiger partial charge in [0.25, 0.3) is 5.91 Å². The van der Waals surface area contributed by atoms with E-state index in [0.29, 0.717) is 4.91 Å². The molecule has 132 valence electrons. The van der Waals surface area contributed by atoms with Gasteiger partial charge in [0.2, 0.25) is 0 Å². The lowest BCUT2D eigenvalue weighted by Crippen LogP contribution is -2.35. The third-order valence-corrected chi connectivity index (χ3v) is 4.95. The zero-order valence-electron chi connectivity index (χ0n) is 15.2. The van der Waals surface area contributed by atoms with Crippen LogP contribution in [0, 0.1) is 6.92 Å². The molecule has 0 spiro atoms. The van der Waals surface area contributed by atoms with Crippen molar-refractivity contribution in [2.45, 2.75) is 26.8 Å². The van der Waals surface area contributed by atoms with Gasteiger partial charge in [-0.15, -0.1) is 0 Å². The quantitative estimate of drug-likeness (QED) is 0.667. The van der Waals surface area contributed by atoms with Gasteiger partial charge in [0, 0.05) is 6.04 Å². The number of aryl methyl sites for hydroxylation is 1. The highest BCUT2D eigenvalue weighted by molar-refractivity contribution is 8.18. The van der Waals surface area contributed by atoms with Gasteiger partial charge in [-0.1, -0.05) is 60.2 Å². The maximum Gasteiger partial charge on any atom is 0.266 e. The molecule has 3 nitrogen and oxygen atoms in total. The maximum atomic E-state index is 12.8. The Hall–Kier alpha value is -2.59. The summed E-state index contributed by atoms with van der Waals surface area (Å²) in [6.45, 7) is 6.06. The van der Waals surface area contributed by atoms with Gasteiger partial charge in [-0.25, -0.2) is 4.99 Å². The summed E-state index contributed by atoms with van der Waals surface area (Å²) in [5.74, 6) is 0.00794. The molecule has 4 heteroatoms. The van der Waals surface area contributed by atoms with Crippen LogP contribution in [0.5, 0.6) is 0 Å². The summed E-state index contributed by atoms with van der Waals surface area (Å²) >= 11 is 1.43. The van der Waals surface area contributed by atoms with Crippen molar-refractivity contribution < 1.29 is 4.79 Å². The Balaban J connectivity index is 1.85. The van der Waals surface area contributed by atoms with E-state index in [1.165, 1.54) is 17.3 Å². The number of allylic oxidation sites excluding steroid dienone is 2. The average molecular weight is 362 g/mol. The fraction of sp³-hybridized carbons (Fsp3) is 0.182. The summed E-state index contributed by atoms with van der Waals surface area (Å²) in [5.41, 5.74) is 3.16. The number of amides is 1. The van der Waals surface area contributed by atoms with E-state index < -0.39 is 0 Å². The standard InChI is InChI=1S/C22H22N2OS/c1-16(2)24-21(25)20(11-7-10-18-8-5-4-6-9-18)26-22(24)23-19-14-12-17(3)13-15-19/h4-16H,1-3H3/b10-7+,20-11+,23-22?. The van der Waals surface area contributed by atoms with Crippen molar-refractivity contribution in [2.75, 3.05) is 0 Å². The van der Waals surface area contributed by atoms with Crippen molar-refractivity contribution in [1.82, 2.24) is 4.90 Å². The Morgan fingerprint density at radius 2 is 1.73 bits per heavy atom. The smallest absolute Gasteiger partial charge is 0.266 e. The molecule has 0 unspecified atom stereocenters. The first-order valence-electron chi connectivity index (χ1n) is 8.65. The minimum absolute atomic E-state index is 0.00794. The molecule has 0 N–H and O–H groups in total. The first-order valence-corrected chi connectivity index (χ1v) is 9.46. The number of thioether (sulfide) groups is 1. The Labute approximate surface area is 159 Å². The van der Waals surface area contributed by atoms with Gasteiger partial charge in [0.15, 0.2) is 5.17 Å². The van der Waals surface area contributed by atoms with Crippen LogP contribution in [0.25, 0.3) is 6.08 Å². The summed E-state index contributed by atoms with van der Waals surface area (Å²) in [6.07, 6.45) is 5.78. The normalized spacial score (nSPS) is 18.0. The van der Waals surface area contributed by atoms with Crippen molar-refractivity contribution in [1.29, 1.82) is 0 Å². The molecule has 1 aliphatic rings. The molecule has 1 amide bonds. The minimum Gasteiger partial charge on any atom is -0.284 e. The van der Waals surface area contributed by atoms with E-state index in [9.17, 15) is 4.79 Å². The van der Waals surface area contributed by atoms with Crippen LogP contribution in [0.3, 0.4) is 0 Å². The summed E-state index contributed by atoms with van der Waals surface area (Å²) in [4.78, 5) is 19.9. The molecular formula is C22H22N2OS. The molecule has 26 heavy (non-hydrogen) atoms. The van der Waals surface area contributed by atoms with Gasteiger partial charge in [0.05, 0.1) is 10.6 Å². The predicted octanol–water partition coefficient (Wildman–Crippen LogP) is 5.56. The van der Waals surface area contributed by atoms with E-state index in [1.54, 1.807) is 4.90 Å². The predicted molar refractivity (Wildman–Crippen MR) is 111 cm³/mol. The highest BCUT2D eigenvalue weighted by atomic mass is 32.2. The van der Waals surface area contributed by atoms with Crippen molar-refractivity contribution in [2.24, 2.45) is 4.99 Å². The van der Waals surface area contributed by atoms with Crippen LogP contribution in [0.4, 0.5) is 5.69 Å². The van der Waals surface area contributed by atoms with Gasteiger partial charge in [-0.2, -0.15) is 0 Å². The lowest BCUT2D eigenvalue weighted by atomic mass is 10.2. The van der Waals surface area contributed by atoms with E-state index in [2.05, 4.69) is 4.99 Å². The molecule has 0 radical (unpaired) electrons. The van der Waals surface area contributed by atoms with Crippen molar-refractivity contribution >= 4 is 34.6 Å². The van der Waals surface area contributed by atoms with E-state index in [-0.39, 0.29) is 11.9 Å². The molecule has 0 saturated carbocycles. The summed E-state index contributed by atoms with van der Waals surface area (Å²) in [6, 6.07) is 18.1. The second-order valence-electron chi connectivity index (χ2n) is 6.40. The molecule has 1 heterocycles. The van der Waals surface area contributed by atoms with Crippen molar-refractivity contribution in [3.8, 4) is 0 Å². The number of nitrogens with zero attached hydrogens (tertiary/aromatic N) is 2. The average Bonchev–Trinajstić information content (AvgIpc) is 2.93. The molecule has 1 aliphatic heterocycles. The monoisotopic (exact) mass is 362 g/mol. The number of benzene rings is 2. The zero-order valence-corrected chi connectivity index (χ0v) is 16.0. The number of hydrogen-bond donors (Lipinski definition) is 0. The van der Waals surface area contributed by atoms with Gasteiger partial charge < -0.3 is 0 Å². The van der Waals surface area contributed by atoms with E-state index in [0.717, 1.165) is 16.4 Å². The fourth-order valence-electron chi connectivity index (χ4n) is 2.57. The Morgan fingerprint density at radius 3 is 2.38 bits per heavy atom. The Morgan fingerprint density at radius 1 is 1.04 bits per heavy atom. The topological polar surface area (TPSA) is 32.7 Å². The summed E-state index contributed by atoms with van der Waals surface area (Å²) < 4.78 is 0. The second-order valence-corrected chi connectivity index (χ2v) is 7.41. The SMILES string of the molecule is Cc1ccc(N=C2S/C(=C/C=C/c3ccccc3)C(=O)N2C(C)C)cc1. The third-order valence-electron chi connectivity index (χ3n) is 3.95. The third kappa shape index (κ3) is 4.33. The van der Waals surface area contributed by atoms with Crippen LogP contribution in [-0.2, 0) is 4.79 Å². The number of rotatable bonds is 4. The molecule has 0 atom stereocenters. The van der Waals surface area contributed by atoms with Crippen LogP contribution in [0.1, 0.15) is 25.0 Å². The maximum absolute atomic E-state index is 12.8. The molecule has 3 rings (SSSR count). The van der Waals surface area contributed by atoms with Crippen LogP contribution >= 0.6 is 11.8 Å². The molecule has 0 aliphatic carbocycles. The number of amidine groups is 1. The number of carbonyl (C=O) groups is 1. The zero-order chi connectivity index (χ0) is 18.5. The Bertz CT molecular complexity index is 865. The lowest BCUT2D eigenvalue weighted by Gasteiger charge is -2.19. The van der Waals surface area contributed by atoms with Crippen LogP contribution in [0.2, 0.25) is 0 Å². The van der Waals surface area contributed by atoms with E-state index in [1.807, 2.05) is 93.6 Å². The Kier molecular flexibility index (Phi) is 5.74. The molecule has 2 aromatic carbocycles. The van der Waals surface area contributed by atoms with Crippen LogP contribution < -0.4 is 0 Å². The van der Waals surface area contributed by atoms with E-state index in [4.69, 9.17) is 0 Å². The first kappa shape index (κ1) is 18.2. The molecule has 1 saturated heterocycles. The molecule has 2 aromatic rings. The molecular weight excluding hydrogens is 340 g/mol. The molecule has 1 fully saturated rings. The van der Waals surface area contributed by atoms with E-state index >= 15 is 0 Å². The minimum atomic E-state index is 0.00794.